The van der Waals surface area contributed by atoms with E-state index in [9.17, 15) is 0 Å². The highest BCUT2D eigenvalue weighted by Gasteiger charge is 2.09. The summed E-state index contributed by atoms with van der Waals surface area (Å²) in [6.45, 7) is 2.49. The molecule has 1 unspecified atom stereocenters. The molecule has 0 aromatic rings. The fourth-order valence-electron chi connectivity index (χ4n) is 0.709. The Morgan fingerprint density at radius 3 is 2.88 bits per heavy atom. The van der Waals surface area contributed by atoms with Crippen molar-refractivity contribution >= 4 is 0 Å². The summed E-state index contributed by atoms with van der Waals surface area (Å²) in [5.41, 5.74) is 1.00. The van der Waals surface area contributed by atoms with Crippen molar-refractivity contribution in [3.05, 3.63) is 11.8 Å². The molecule has 0 amide bonds. The van der Waals surface area contributed by atoms with E-state index in [1.165, 1.54) is 0 Å². The molecule has 0 aromatic carbocycles. The summed E-state index contributed by atoms with van der Waals surface area (Å²) in [7, 11) is 0. The number of ether oxygens (including phenoxy) is 1. The van der Waals surface area contributed by atoms with Crippen LogP contribution in [0.5, 0.6) is 0 Å². The fraction of sp³-hybridized carbons (Fsp3) is 0.667. The first-order valence-electron chi connectivity index (χ1n) is 2.79. The smallest absolute Gasteiger partial charge is 0.0912 e. The summed E-state index contributed by atoms with van der Waals surface area (Å²) in [4.78, 5) is 0. The summed E-state index contributed by atoms with van der Waals surface area (Å²) in [6, 6.07) is 0. The third kappa shape index (κ3) is 1.01. The topological polar surface area (TPSA) is 29.5 Å². The molecule has 1 aliphatic rings. The van der Waals surface area contributed by atoms with Crippen LogP contribution in [0, 0.1) is 0 Å². The Bertz CT molecular complexity index is 105. The fourth-order valence-corrected chi connectivity index (χ4v) is 0.709. The Labute approximate surface area is 48.8 Å². The van der Waals surface area contributed by atoms with E-state index in [1.54, 1.807) is 13.2 Å². The van der Waals surface area contributed by atoms with Gasteiger partial charge in [-0.3, -0.25) is 0 Å². The van der Waals surface area contributed by atoms with Crippen LogP contribution < -0.4 is 0 Å². The lowest BCUT2D eigenvalue weighted by Crippen LogP contribution is -2.01. The van der Waals surface area contributed by atoms with Gasteiger partial charge in [-0.15, -0.1) is 0 Å². The van der Waals surface area contributed by atoms with Crippen LogP contribution in [-0.2, 0) is 4.74 Å². The van der Waals surface area contributed by atoms with Crippen LogP contribution in [0.2, 0.25) is 0 Å². The number of hydrogen-bond donors (Lipinski definition) is 1. The molecule has 1 rings (SSSR count). The molecular formula is C6H10O2. The number of rotatable bonds is 1. The highest BCUT2D eigenvalue weighted by atomic mass is 16.5. The minimum Gasteiger partial charge on any atom is -0.501 e. The van der Waals surface area contributed by atoms with Gasteiger partial charge in [-0.1, -0.05) is 0 Å². The first-order chi connectivity index (χ1) is 3.80. The molecule has 1 atom stereocenters. The van der Waals surface area contributed by atoms with Crippen LogP contribution >= 0.6 is 0 Å². The molecule has 0 fully saturated rings. The van der Waals surface area contributed by atoms with Crippen molar-refractivity contribution in [1.29, 1.82) is 0 Å². The molecule has 1 N–H and O–H groups in total. The monoisotopic (exact) mass is 114 g/mol. The van der Waals surface area contributed by atoms with Crippen molar-refractivity contribution in [3.63, 3.8) is 0 Å². The van der Waals surface area contributed by atoms with Gasteiger partial charge < -0.3 is 9.84 Å². The van der Waals surface area contributed by atoms with Crippen molar-refractivity contribution in [2.24, 2.45) is 0 Å². The Morgan fingerprint density at radius 2 is 2.62 bits per heavy atom. The zero-order chi connectivity index (χ0) is 5.98. The Kier molecular flexibility index (Phi) is 1.53. The highest BCUT2D eigenvalue weighted by Crippen LogP contribution is 2.13. The molecule has 0 aliphatic carbocycles. The SMILES string of the molecule is CC(O)C1=COCC1. The van der Waals surface area contributed by atoms with Gasteiger partial charge in [-0.25, -0.2) is 0 Å². The van der Waals surface area contributed by atoms with E-state index in [4.69, 9.17) is 9.84 Å². The maximum absolute atomic E-state index is 8.90. The second kappa shape index (κ2) is 2.18. The molecule has 0 aromatic heterocycles. The number of aliphatic hydroxyl groups is 1. The van der Waals surface area contributed by atoms with Crippen LogP contribution in [0.15, 0.2) is 11.8 Å². The molecule has 2 heteroatoms. The van der Waals surface area contributed by atoms with Gasteiger partial charge in [0.1, 0.15) is 0 Å². The van der Waals surface area contributed by atoms with Gasteiger partial charge in [-0.2, -0.15) is 0 Å². The van der Waals surface area contributed by atoms with Crippen molar-refractivity contribution in [3.8, 4) is 0 Å². The minimum atomic E-state index is -0.322. The van der Waals surface area contributed by atoms with Crippen LogP contribution in [0.25, 0.3) is 0 Å². The van der Waals surface area contributed by atoms with Crippen LogP contribution in [0.1, 0.15) is 13.3 Å². The van der Waals surface area contributed by atoms with Crippen LogP contribution in [0.3, 0.4) is 0 Å². The van der Waals surface area contributed by atoms with E-state index < -0.39 is 0 Å². The summed E-state index contributed by atoms with van der Waals surface area (Å²) < 4.78 is 4.90. The van der Waals surface area contributed by atoms with Gasteiger partial charge in [0.15, 0.2) is 0 Å². The van der Waals surface area contributed by atoms with Crippen LogP contribution in [0.4, 0.5) is 0 Å². The van der Waals surface area contributed by atoms with E-state index in [-0.39, 0.29) is 6.10 Å². The maximum atomic E-state index is 8.90. The van der Waals surface area contributed by atoms with Crippen molar-refractivity contribution in [1.82, 2.24) is 0 Å². The highest BCUT2D eigenvalue weighted by molar-refractivity contribution is 5.06. The predicted octanol–water partition coefficient (Wildman–Crippen LogP) is 0.671. The minimum absolute atomic E-state index is 0.322. The van der Waals surface area contributed by atoms with E-state index >= 15 is 0 Å². The second-order valence-corrected chi connectivity index (χ2v) is 1.99. The molecule has 46 valence electrons. The van der Waals surface area contributed by atoms with Crippen LogP contribution in [-0.4, -0.2) is 17.8 Å². The van der Waals surface area contributed by atoms with E-state index in [0.29, 0.717) is 0 Å². The van der Waals surface area contributed by atoms with E-state index in [0.717, 1.165) is 18.6 Å². The first kappa shape index (κ1) is 5.63. The Balaban J connectivity index is 2.45. The zero-order valence-corrected chi connectivity index (χ0v) is 4.92. The van der Waals surface area contributed by atoms with E-state index in [2.05, 4.69) is 0 Å². The summed E-state index contributed by atoms with van der Waals surface area (Å²) >= 11 is 0. The third-order valence-electron chi connectivity index (χ3n) is 1.28. The molecule has 0 bridgehead atoms. The molecule has 0 saturated carbocycles. The number of hydrogen-bond acceptors (Lipinski definition) is 2. The van der Waals surface area contributed by atoms with Gasteiger partial charge in [-0.05, 0) is 12.5 Å². The lowest BCUT2D eigenvalue weighted by molar-refractivity contribution is 0.229. The quantitative estimate of drug-likeness (QED) is 0.543. The average Bonchev–Trinajstić information content (AvgIpc) is 2.12. The van der Waals surface area contributed by atoms with Gasteiger partial charge in [0, 0.05) is 6.42 Å². The first-order valence-corrected chi connectivity index (χ1v) is 2.79. The molecule has 0 spiro atoms. The van der Waals surface area contributed by atoms with Gasteiger partial charge in [0.25, 0.3) is 0 Å². The third-order valence-corrected chi connectivity index (χ3v) is 1.28. The second-order valence-electron chi connectivity index (χ2n) is 1.99. The largest absolute Gasteiger partial charge is 0.501 e. The lowest BCUT2D eigenvalue weighted by Gasteiger charge is -1.99. The standard InChI is InChI=1S/C6H10O2/c1-5(7)6-2-3-8-4-6/h4-5,7H,2-3H2,1H3. The summed E-state index contributed by atoms with van der Waals surface area (Å²) in [5, 5.41) is 8.90. The Hall–Kier alpha value is -0.500. The molecule has 8 heavy (non-hydrogen) atoms. The molecular weight excluding hydrogens is 104 g/mol. The Morgan fingerprint density at radius 1 is 1.88 bits per heavy atom. The normalized spacial score (nSPS) is 22.0. The average molecular weight is 114 g/mol. The summed E-state index contributed by atoms with van der Waals surface area (Å²) in [6.07, 6.45) is 2.21. The maximum Gasteiger partial charge on any atom is 0.0912 e. The molecule has 0 saturated heterocycles. The number of aliphatic hydroxyl groups excluding tert-OH is 1. The van der Waals surface area contributed by atoms with E-state index in [1.807, 2.05) is 0 Å². The zero-order valence-electron chi connectivity index (χ0n) is 4.92. The van der Waals surface area contributed by atoms with Crippen molar-refractivity contribution in [2.75, 3.05) is 6.61 Å². The van der Waals surface area contributed by atoms with Gasteiger partial charge in [0.2, 0.25) is 0 Å². The van der Waals surface area contributed by atoms with Gasteiger partial charge in [0.05, 0.1) is 19.0 Å². The van der Waals surface area contributed by atoms with Gasteiger partial charge >= 0.3 is 0 Å². The lowest BCUT2D eigenvalue weighted by atomic mass is 10.1. The van der Waals surface area contributed by atoms with Crippen molar-refractivity contribution in [2.45, 2.75) is 19.4 Å². The molecule has 1 heterocycles. The molecule has 1 aliphatic heterocycles. The summed E-state index contributed by atoms with van der Waals surface area (Å²) in [5.74, 6) is 0. The molecule has 2 nitrogen and oxygen atoms in total. The predicted molar refractivity (Wildman–Crippen MR) is 30.3 cm³/mol. The van der Waals surface area contributed by atoms with Crippen molar-refractivity contribution < 1.29 is 9.84 Å². The molecule has 0 radical (unpaired) electrons.